The van der Waals surface area contributed by atoms with Gasteiger partial charge in [0.1, 0.15) is 5.75 Å². The molecular formula is C18H20Br2N2O4S. The summed E-state index contributed by atoms with van der Waals surface area (Å²) in [6.07, 6.45) is 1.95. The minimum Gasteiger partial charge on any atom is -0.494 e. The highest BCUT2D eigenvalue weighted by molar-refractivity contribution is 9.11. The van der Waals surface area contributed by atoms with E-state index in [4.69, 9.17) is 4.74 Å². The number of carbonyl (C=O) groups excluding carboxylic acids is 1. The molecule has 0 aliphatic heterocycles. The van der Waals surface area contributed by atoms with Crippen LogP contribution in [0.3, 0.4) is 0 Å². The van der Waals surface area contributed by atoms with Gasteiger partial charge in [0.05, 0.1) is 28.7 Å². The predicted molar refractivity (Wildman–Crippen MR) is 114 cm³/mol. The highest BCUT2D eigenvalue weighted by Gasteiger charge is 2.10. The van der Waals surface area contributed by atoms with Gasteiger partial charge in [-0.25, -0.2) is 8.42 Å². The van der Waals surface area contributed by atoms with Crippen molar-refractivity contribution in [1.29, 1.82) is 0 Å². The molecule has 0 bridgehead atoms. The van der Waals surface area contributed by atoms with Gasteiger partial charge in [-0.2, -0.15) is 0 Å². The van der Waals surface area contributed by atoms with Crippen LogP contribution in [0.4, 0.5) is 5.69 Å². The SMILES string of the molecule is COc1c(Br)cc(CC(=O)NCCc2cccc(NS(C)(=O)=O)c2)cc1Br. The van der Waals surface area contributed by atoms with Crippen LogP contribution in [0, 0.1) is 0 Å². The van der Waals surface area contributed by atoms with E-state index in [-0.39, 0.29) is 12.3 Å². The molecule has 2 aromatic rings. The van der Waals surface area contributed by atoms with Gasteiger partial charge in [0.25, 0.3) is 0 Å². The normalized spacial score (nSPS) is 11.1. The van der Waals surface area contributed by atoms with Crippen molar-refractivity contribution in [2.24, 2.45) is 0 Å². The Morgan fingerprint density at radius 1 is 1.11 bits per heavy atom. The Bertz CT molecular complexity index is 910. The number of hydrogen-bond donors (Lipinski definition) is 2. The van der Waals surface area contributed by atoms with Gasteiger partial charge in [-0.1, -0.05) is 12.1 Å². The first-order valence-electron chi connectivity index (χ1n) is 8.03. The van der Waals surface area contributed by atoms with E-state index in [0.29, 0.717) is 24.4 Å². The Morgan fingerprint density at radius 3 is 2.37 bits per heavy atom. The van der Waals surface area contributed by atoms with Crippen LogP contribution >= 0.6 is 31.9 Å². The van der Waals surface area contributed by atoms with Crippen molar-refractivity contribution in [3.63, 3.8) is 0 Å². The Kier molecular flexibility index (Phi) is 7.69. The van der Waals surface area contributed by atoms with Crippen molar-refractivity contribution >= 4 is 53.5 Å². The second-order valence-corrected chi connectivity index (χ2v) is 9.40. The lowest BCUT2D eigenvalue weighted by Crippen LogP contribution is -2.27. The number of methoxy groups -OCH3 is 1. The van der Waals surface area contributed by atoms with E-state index in [2.05, 4.69) is 41.9 Å². The van der Waals surface area contributed by atoms with Gasteiger partial charge in [-0.15, -0.1) is 0 Å². The summed E-state index contributed by atoms with van der Waals surface area (Å²) in [6.45, 7) is 0.458. The minimum absolute atomic E-state index is 0.0932. The number of sulfonamides is 1. The van der Waals surface area contributed by atoms with Crippen LogP contribution in [0.25, 0.3) is 0 Å². The number of anilines is 1. The minimum atomic E-state index is -3.31. The van der Waals surface area contributed by atoms with Crippen LogP contribution in [0.2, 0.25) is 0 Å². The molecule has 2 rings (SSSR count). The quantitative estimate of drug-likeness (QED) is 0.559. The zero-order valence-electron chi connectivity index (χ0n) is 14.9. The van der Waals surface area contributed by atoms with E-state index in [1.54, 1.807) is 25.3 Å². The molecule has 0 heterocycles. The van der Waals surface area contributed by atoms with Crippen molar-refractivity contribution in [2.45, 2.75) is 12.8 Å². The Balaban J connectivity index is 1.89. The summed E-state index contributed by atoms with van der Waals surface area (Å²) in [5, 5.41) is 2.88. The van der Waals surface area contributed by atoms with Gasteiger partial charge in [0.2, 0.25) is 15.9 Å². The number of rotatable bonds is 8. The number of halogens is 2. The molecule has 0 saturated carbocycles. The fraction of sp³-hybridized carbons (Fsp3) is 0.278. The maximum absolute atomic E-state index is 12.2. The lowest BCUT2D eigenvalue weighted by Gasteiger charge is -2.10. The van der Waals surface area contributed by atoms with Crippen LogP contribution in [0.5, 0.6) is 5.75 Å². The summed E-state index contributed by atoms with van der Waals surface area (Å²) in [5.41, 5.74) is 2.29. The topological polar surface area (TPSA) is 84.5 Å². The van der Waals surface area contributed by atoms with Gasteiger partial charge in [0, 0.05) is 12.2 Å². The van der Waals surface area contributed by atoms with Gasteiger partial charge < -0.3 is 10.1 Å². The van der Waals surface area contributed by atoms with Crippen LogP contribution in [0.1, 0.15) is 11.1 Å². The number of benzene rings is 2. The van der Waals surface area contributed by atoms with E-state index < -0.39 is 10.0 Å². The second kappa shape index (κ2) is 9.57. The smallest absolute Gasteiger partial charge is 0.229 e. The van der Waals surface area contributed by atoms with E-state index in [9.17, 15) is 13.2 Å². The summed E-state index contributed by atoms with van der Waals surface area (Å²) in [4.78, 5) is 12.2. The standard InChI is InChI=1S/C18H20Br2N2O4S/c1-26-18-15(19)9-13(10-16(18)20)11-17(23)21-7-6-12-4-3-5-14(8-12)22-27(2,24)25/h3-5,8-10,22H,6-7,11H2,1-2H3,(H,21,23). The average molecular weight is 520 g/mol. The molecule has 0 spiro atoms. The molecule has 0 fully saturated rings. The van der Waals surface area contributed by atoms with Crippen molar-refractivity contribution < 1.29 is 17.9 Å². The number of nitrogens with one attached hydrogen (secondary N) is 2. The van der Waals surface area contributed by atoms with Crippen molar-refractivity contribution in [3.05, 3.63) is 56.5 Å². The molecule has 0 aromatic heterocycles. The summed E-state index contributed by atoms with van der Waals surface area (Å²) < 4.78 is 31.8. The zero-order valence-corrected chi connectivity index (χ0v) is 18.9. The third-order valence-electron chi connectivity index (χ3n) is 3.59. The maximum atomic E-state index is 12.2. The summed E-state index contributed by atoms with van der Waals surface area (Å²) >= 11 is 6.85. The number of amides is 1. The van der Waals surface area contributed by atoms with Crippen LogP contribution in [0.15, 0.2) is 45.3 Å². The molecular weight excluding hydrogens is 500 g/mol. The molecule has 2 aromatic carbocycles. The molecule has 0 aliphatic rings. The van der Waals surface area contributed by atoms with Crippen LogP contribution < -0.4 is 14.8 Å². The second-order valence-electron chi connectivity index (χ2n) is 5.94. The first kappa shape index (κ1) is 21.7. The van der Waals surface area contributed by atoms with E-state index in [1.807, 2.05) is 18.2 Å². The molecule has 2 N–H and O–H groups in total. The Labute approximate surface area is 176 Å². The van der Waals surface area contributed by atoms with Crippen molar-refractivity contribution in [2.75, 3.05) is 24.6 Å². The van der Waals surface area contributed by atoms with Crippen molar-refractivity contribution in [3.8, 4) is 5.75 Å². The average Bonchev–Trinajstić information content (AvgIpc) is 2.53. The predicted octanol–water partition coefficient (Wildman–Crippen LogP) is 3.49. The molecule has 0 aliphatic carbocycles. The molecule has 0 saturated heterocycles. The van der Waals surface area contributed by atoms with Crippen LogP contribution in [-0.4, -0.2) is 34.2 Å². The number of carbonyl (C=O) groups is 1. The lowest BCUT2D eigenvalue weighted by atomic mass is 10.1. The first-order chi connectivity index (χ1) is 12.7. The fourth-order valence-electron chi connectivity index (χ4n) is 2.51. The third kappa shape index (κ3) is 7.15. The summed E-state index contributed by atoms with van der Waals surface area (Å²) in [5.74, 6) is 0.589. The fourth-order valence-corrected chi connectivity index (χ4v) is 4.67. The van der Waals surface area contributed by atoms with Gasteiger partial charge in [-0.3, -0.25) is 9.52 Å². The van der Waals surface area contributed by atoms with Gasteiger partial charge in [-0.05, 0) is 73.7 Å². The third-order valence-corrected chi connectivity index (χ3v) is 5.38. The molecule has 0 unspecified atom stereocenters. The largest absolute Gasteiger partial charge is 0.494 e. The molecule has 1 amide bonds. The van der Waals surface area contributed by atoms with Crippen LogP contribution in [-0.2, 0) is 27.7 Å². The molecule has 6 nitrogen and oxygen atoms in total. The highest BCUT2D eigenvalue weighted by Crippen LogP contribution is 2.34. The molecule has 0 atom stereocenters. The van der Waals surface area contributed by atoms with E-state index in [0.717, 1.165) is 26.3 Å². The highest BCUT2D eigenvalue weighted by atomic mass is 79.9. The molecule has 9 heteroatoms. The molecule has 146 valence electrons. The van der Waals surface area contributed by atoms with E-state index in [1.165, 1.54) is 0 Å². The van der Waals surface area contributed by atoms with E-state index >= 15 is 0 Å². The summed E-state index contributed by atoms with van der Waals surface area (Å²) in [6, 6.07) is 10.8. The zero-order chi connectivity index (χ0) is 20.0. The number of ether oxygens (including phenoxy) is 1. The summed E-state index contributed by atoms with van der Waals surface area (Å²) in [7, 11) is -1.73. The molecule has 0 radical (unpaired) electrons. The lowest BCUT2D eigenvalue weighted by molar-refractivity contribution is -0.120. The molecule has 27 heavy (non-hydrogen) atoms. The monoisotopic (exact) mass is 518 g/mol. The van der Waals surface area contributed by atoms with Gasteiger partial charge >= 0.3 is 0 Å². The first-order valence-corrected chi connectivity index (χ1v) is 11.5. The Morgan fingerprint density at radius 2 is 1.78 bits per heavy atom. The Hall–Kier alpha value is -1.58. The van der Waals surface area contributed by atoms with Crippen molar-refractivity contribution in [1.82, 2.24) is 5.32 Å². The van der Waals surface area contributed by atoms with Gasteiger partial charge in [0.15, 0.2) is 0 Å². The number of hydrogen-bond acceptors (Lipinski definition) is 4. The maximum Gasteiger partial charge on any atom is 0.229 e.